The third kappa shape index (κ3) is 5.68. The Morgan fingerprint density at radius 3 is 2.37 bits per heavy atom. The molecule has 152 valence electrons. The van der Waals surface area contributed by atoms with Crippen LogP contribution in [0.5, 0.6) is 0 Å². The van der Waals surface area contributed by atoms with E-state index in [1.807, 2.05) is 56.3 Å². The fourth-order valence-corrected chi connectivity index (χ4v) is 2.83. The lowest BCUT2D eigenvalue weighted by atomic mass is 10.1. The molecule has 3 N–H and O–H groups in total. The molecule has 0 radical (unpaired) electrons. The minimum Gasteiger partial charge on any atom is -0.355 e. The van der Waals surface area contributed by atoms with Gasteiger partial charge in [0.1, 0.15) is 0 Å². The normalized spacial score (nSPS) is 10.6. The Morgan fingerprint density at radius 2 is 1.63 bits per heavy atom. The van der Waals surface area contributed by atoms with Gasteiger partial charge in [0.25, 0.3) is 0 Å². The molecular weight excluding hydrogens is 400 g/mol. The lowest BCUT2D eigenvalue weighted by Gasteiger charge is -2.10. The lowest BCUT2D eigenvalue weighted by Crippen LogP contribution is -2.32. The second kappa shape index (κ2) is 9.71. The van der Waals surface area contributed by atoms with Gasteiger partial charge in [-0.1, -0.05) is 47.5 Å². The van der Waals surface area contributed by atoms with E-state index in [-0.39, 0.29) is 0 Å². The highest BCUT2D eigenvalue weighted by atomic mass is 35.5. The molecule has 0 aliphatic heterocycles. The monoisotopic (exact) mass is 420 g/mol. The quantitative estimate of drug-likeness (QED) is 0.315. The van der Waals surface area contributed by atoms with Crippen molar-refractivity contribution in [1.82, 2.24) is 5.43 Å². The van der Waals surface area contributed by atoms with Gasteiger partial charge in [0.05, 0.1) is 6.21 Å². The molecule has 7 heteroatoms. The van der Waals surface area contributed by atoms with Crippen LogP contribution in [0.2, 0.25) is 5.02 Å². The van der Waals surface area contributed by atoms with E-state index < -0.39 is 11.8 Å². The molecule has 0 unspecified atom stereocenters. The van der Waals surface area contributed by atoms with Gasteiger partial charge in [-0.05, 0) is 55.8 Å². The summed E-state index contributed by atoms with van der Waals surface area (Å²) < 4.78 is 0. The summed E-state index contributed by atoms with van der Waals surface area (Å²) >= 11 is 6.10. The second-order valence-corrected chi connectivity index (χ2v) is 7.13. The first-order chi connectivity index (χ1) is 14.4. The van der Waals surface area contributed by atoms with Gasteiger partial charge < -0.3 is 10.6 Å². The summed E-state index contributed by atoms with van der Waals surface area (Å²) in [4.78, 5) is 24.1. The lowest BCUT2D eigenvalue weighted by molar-refractivity contribution is -0.136. The van der Waals surface area contributed by atoms with Crippen molar-refractivity contribution < 1.29 is 9.59 Å². The Morgan fingerprint density at radius 1 is 0.900 bits per heavy atom. The predicted molar refractivity (Wildman–Crippen MR) is 121 cm³/mol. The van der Waals surface area contributed by atoms with Gasteiger partial charge in [0.2, 0.25) is 0 Å². The molecular formula is C23H21ClN4O2. The number of halogens is 1. The molecule has 0 saturated carbocycles. The first-order valence-electron chi connectivity index (χ1n) is 9.25. The van der Waals surface area contributed by atoms with Crippen LogP contribution in [-0.4, -0.2) is 18.0 Å². The Balaban J connectivity index is 1.67. The summed E-state index contributed by atoms with van der Waals surface area (Å²) in [6.45, 7) is 3.86. The molecule has 0 atom stereocenters. The number of amides is 2. The number of nitrogens with one attached hydrogen (secondary N) is 3. The van der Waals surface area contributed by atoms with Gasteiger partial charge in [-0.15, -0.1) is 0 Å². The van der Waals surface area contributed by atoms with E-state index in [0.29, 0.717) is 16.3 Å². The minimum absolute atomic E-state index is 0.523. The molecule has 0 fully saturated rings. The van der Waals surface area contributed by atoms with Gasteiger partial charge in [-0.2, -0.15) is 5.10 Å². The summed E-state index contributed by atoms with van der Waals surface area (Å²) in [5.41, 5.74) is 7.13. The Kier molecular flexibility index (Phi) is 6.83. The van der Waals surface area contributed by atoms with E-state index in [9.17, 15) is 9.59 Å². The fraction of sp³-hybridized carbons (Fsp3) is 0.0870. The zero-order valence-corrected chi connectivity index (χ0v) is 17.3. The first kappa shape index (κ1) is 21.1. The summed E-state index contributed by atoms with van der Waals surface area (Å²) in [5.74, 6) is -1.67. The average molecular weight is 421 g/mol. The fourth-order valence-electron chi connectivity index (χ4n) is 2.65. The van der Waals surface area contributed by atoms with Crippen molar-refractivity contribution in [1.29, 1.82) is 0 Å². The number of carbonyl (C=O) groups is 2. The molecule has 0 heterocycles. The smallest absolute Gasteiger partial charge is 0.329 e. The molecule has 0 spiro atoms. The number of nitrogens with zero attached hydrogens (tertiary/aromatic N) is 1. The number of rotatable bonds is 5. The van der Waals surface area contributed by atoms with Gasteiger partial charge in [-0.3, -0.25) is 9.59 Å². The third-order valence-electron chi connectivity index (χ3n) is 4.31. The Bertz CT molecular complexity index is 1090. The molecule has 3 aromatic carbocycles. The SMILES string of the molecule is Cc1ccc(Nc2ccc(Cl)cc2/C=N\NC(=O)C(=O)Nc2ccccc2C)cc1. The molecule has 30 heavy (non-hydrogen) atoms. The number of para-hydroxylation sites is 1. The number of carbonyl (C=O) groups excluding carboxylic acids is 2. The number of hydrogen-bond donors (Lipinski definition) is 3. The number of benzene rings is 3. The maximum absolute atomic E-state index is 12.1. The van der Waals surface area contributed by atoms with E-state index in [2.05, 4.69) is 21.2 Å². The highest BCUT2D eigenvalue weighted by Crippen LogP contribution is 2.23. The molecule has 0 saturated heterocycles. The van der Waals surface area contributed by atoms with E-state index in [1.165, 1.54) is 6.21 Å². The highest BCUT2D eigenvalue weighted by molar-refractivity contribution is 6.39. The van der Waals surface area contributed by atoms with E-state index in [0.717, 1.165) is 22.5 Å². The molecule has 6 nitrogen and oxygen atoms in total. The summed E-state index contributed by atoms with van der Waals surface area (Å²) in [5, 5.41) is 10.3. The number of hydrazone groups is 1. The van der Waals surface area contributed by atoms with Crippen LogP contribution >= 0.6 is 11.6 Å². The largest absolute Gasteiger partial charge is 0.355 e. The second-order valence-electron chi connectivity index (χ2n) is 6.69. The van der Waals surface area contributed by atoms with Crippen LogP contribution in [0.15, 0.2) is 71.8 Å². The number of hydrogen-bond acceptors (Lipinski definition) is 4. The topological polar surface area (TPSA) is 82.6 Å². The molecule has 2 amide bonds. The van der Waals surface area contributed by atoms with Crippen LogP contribution in [0.25, 0.3) is 0 Å². The van der Waals surface area contributed by atoms with E-state index >= 15 is 0 Å². The molecule has 0 bridgehead atoms. The number of aryl methyl sites for hydroxylation is 2. The molecule has 0 aliphatic rings. The van der Waals surface area contributed by atoms with Crippen molar-refractivity contribution in [2.45, 2.75) is 13.8 Å². The molecule has 3 aromatic rings. The van der Waals surface area contributed by atoms with E-state index in [1.54, 1.807) is 24.3 Å². The third-order valence-corrected chi connectivity index (χ3v) is 4.55. The van der Waals surface area contributed by atoms with Crippen molar-refractivity contribution in [3.8, 4) is 0 Å². The van der Waals surface area contributed by atoms with Crippen molar-refractivity contribution in [3.63, 3.8) is 0 Å². The van der Waals surface area contributed by atoms with Crippen LogP contribution in [0.4, 0.5) is 17.1 Å². The first-order valence-corrected chi connectivity index (χ1v) is 9.63. The standard InChI is InChI=1S/C23H21ClN4O2/c1-15-7-10-19(11-8-15)26-21-12-9-18(24)13-17(21)14-25-28-23(30)22(29)27-20-6-4-3-5-16(20)2/h3-14,26H,1-2H3,(H,27,29)(H,28,30)/b25-14-. The van der Waals surface area contributed by atoms with Crippen molar-refractivity contribution in [2.24, 2.45) is 5.10 Å². The van der Waals surface area contributed by atoms with Gasteiger partial charge in [0, 0.05) is 27.6 Å². The Labute approximate surface area is 180 Å². The molecule has 0 aromatic heterocycles. The molecule has 0 aliphatic carbocycles. The highest BCUT2D eigenvalue weighted by Gasteiger charge is 2.13. The maximum Gasteiger partial charge on any atom is 0.329 e. The Hall–Kier alpha value is -3.64. The van der Waals surface area contributed by atoms with Crippen molar-refractivity contribution in [2.75, 3.05) is 10.6 Å². The van der Waals surface area contributed by atoms with Gasteiger partial charge in [-0.25, -0.2) is 5.43 Å². The summed E-state index contributed by atoms with van der Waals surface area (Å²) in [6, 6.07) is 20.4. The summed E-state index contributed by atoms with van der Waals surface area (Å²) in [7, 11) is 0. The maximum atomic E-state index is 12.1. The minimum atomic E-state index is -0.871. The molecule has 3 rings (SSSR count). The zero-order chi connectivity index (χ0) is 21.5. The van der Waals surface area contributed by atoms with Crippen LogP contribution in [0, 0.1) is 13.8 Å². The van der Waals surface area contributed by atoms with Crippen LogP contribution in [0.3, 0.4) is 0 Å². The van der Waals surface area contributed by atoms with Crippen molar-refractivity contribution >= 4 is 46.7 Å². The average Bonchev–Trinajstić information content (AvgIpc) is 2.73. The van der Waals surface area contributed by atoms with Crippen LogP contribution in [0.1, 0.15) is 16.7 Å². The van der Waals surface area contributed by atoms with Gasteiger partial charge >= 0.3 is 11.8 Å². The number of anilines is 3. The van der Waals surface area contributed by atoms with Crippen molar-refractivity contribution in [3.05, 3.63) is 88.4 Å². The summed E-state index contributed by atoms with van der Waals surface area (Å²) in [6.07, 6.45) is 1.43. The zero-order valence-electron chi connectivity index (χ0n) is 16.6. The van der Waals surface area contributed by atoms with E-state index in [4.69, 9.17) is 11.6 Å². The van der Waals surface area contributed by atoms with Crippen LogP contribution < -0.4 is 16.1 Å². The van der Waals surface area contributed by atoms with Crippen LogP contribution in [-0.2, 0) is 9.59 Å². The van der Waals surface area contributed by atoms with Gasteiger partial charge in [0.15, 0.2) is 0 Å². The predicted octanol–water partition coefficient (Wildman–Crippen LogP) is 4.79.